The van der Waals surface area contributed by atoms with Crippen LogP contribution in [0.25, 0.3) is 0 Å². The van der Waals surface area contributed by atoms with E-state index in [1.807, 2.05) is 6.92 Å². The summed E-state index contributed by atoms with van der Waals surface area (Å²) in [5.41, 5.74) is 5.32. The molecule has 0 aromatic carbocycles. The second-order valence-electron chi connectivity index (χ2n) is 3.16. The Balaban J connectivity index is 3.81. The summed E-state index contributed by atoms with van der Waals surface area (Å²) in [6.07, 6.45) is -2.93. The molecule has 0 rings (SSSR count). The smallest absolute Gasteiger partial charge is 0.334 e. The van der Waals surface area contributed by atoms with Crippen molar-refractivity contribution in [1.29, 1.82) is 0 Å². The van der Waals surface area contributed by atoms with Crippen LogP contribution in [-0.4, -0.2) is 31.3 Å². The summed E-state index contributed by atoms with van der Waals surface area (Å²) in [4.78, 5) is 11.0. The van der Waals surface area contributed by atoms with E-state index in [0.29, 0.717) is 6.42 Å². The lowest BCUT2D eigenvalue weighted by molar-refractivity contribution is -0.122. The molecule has 0 saturated heterocycles. The zero-order valence-corrected chi connectivity index (χ0v) is 8.53. The average molecular weight is 227 g/mol. The average Bonchev–Trinajstić information content (AvgIpc) is 2.13. The first-order valence-electron chi connectivity index (χ1n) is 4.70. The summed E-state index contributed by atoms with van der Waals surface area (Å²) in [6.45, 7) is 0.785. The number of halogens is 3. The molecule has 0 heterocycles. The van der Waals surface area contributed by atoms with Crippen LogP contribution in [0.2, 0.25) is 0 Å². The van der Waals surface area contributed by atoms with Crippen LogP contribution in [0.3, 0.4) is 0 Å². The standard InChI is InChI=1S/C8H16F3N3O/c1-2-3-6(4-12)14-7(15)13-5-8(9,10)11/h6H,2-5,12H2,1H3,(H2,13,14,15). The number of nitrogens with two attached hydrogens (primary N) is 1. The van der Waals surface area contributed by atoms with Crippen molar-refractivity contribution in [2.45, 2.75) is 32.0 Å². The SMILES string of the molecule is CCCC(CN)NC(=O)NCC(F)(F)F. The second-order valence-corrected chi connectivity index (χ2v) is 3.16. The first-order valence-corrected chi connectivity index (χ1v) is 4.70. The summed E-state index contributed by atoms with van der Waals surface area (Å²) in [6, 6.07) is -1.11. The lowest BCUT2D eigenvalue weighted by Gasteiger charge is -2.16. The van der Waals surface area contributed by atoms with Crippen LogP contribution >= 0.6 is 0 Å². The molecular formula is C8H16F3N3O. The van der Waals surface area contributed by atoms with E-state index < -0.39 is 18.8 Å². The van der Waals surface area contributed by atoms with Gasteiger partial charge in [0.15, 0.2) is 0 Å². The summed E-state index contributed by atoms with van der Waals surface area (Å²) in [5.74, 6) is 0. The molecule has 15 heavy (non-hydrogen) atoms. The van der Waals surface area contributed by atoms with E-state index >= 15 is 0 Å². The number of rotatable bonds is 5. The number of carbonyl (C=O) groups is 1. The molecule has 0 bridgehead atoms. The maximum absolute atomic E-state index is 11.7. The van der Waals surface area contributed by atoms with Gasteiger partial charge in [-0.15, -0.1) is 0 Å². The monoisotopic (exact) mass is 227 g/mol. The van der Waals surface area contributed by atoms with Gasteiger partial charge in [-0.25, -0.2) is 4.79 Å². The molecule has 4 N–H and O–H groups in total. The van der Waals surface area contributed by atoms with E-state index in [2.05, 4.69) is 5.32 Å². The number of hydrogen-bond acceptors (Lipinski definition) is 2. The topological polar surface area (TPSA) is 67.1 Å². The van der Waals surface area contributed by atoms with Crippen molar-refractivity contribution >= 4 is 6.03 Å². The Bertz CT molecular complexity index is 196. The van der Waals surface area contributed by atoms with Crippen LogP contribution in [0.5, 0.6) is 0 Å². The van der Waals surface area contributed by atoms with Crippen molar-refractivity contribution in [2.75, 3.05) is 13.1 Å². The Morgan fingerprint density at radius 3 is 2.47 bits per heavy atom. The second kappa shape index (κ2) is 6.49. The molecule has 1 atom stereocenters. The largest absolute Gasteiger partial charge is 0.405 e. The Morgan fingerprint density at radius 1 is 1.47 bits per heavy atom. The van der Waals surface area contributed by atoms with Crippen molar-refractivity contribution < 1.29 is 18.0 Å². The highest BCUT2D eigenvalue weighted by molar-refractivity contribution is 5.74. The minimum absolute atomic E-state index is 0.216. The van der Waals surface area contributed by atoms with Crippen LogP contribution in [0.4, 0.5) is 18.0 Å². The van der Waals surface area contributed by atoms with Crippen LogP contribution in [-0.2, 0) is 0 Å². The minimum Gasteiger partial charge on any atom is -0.334 e. The van der Waals surface area contributed by atoms with Gasteiger partial charge in [0.1, 0.15) is 6.54 Å². The van der Waals surface area contributed by atoms with E-state index in [1.165, 1.54) is 0 Å². The highest BCUT2D eigenvalue weighted by Gasteiger charge is 2.27. The molecule has 0 aliphatic carbocycles. The molecule has 0 aromatic rings. The van der Waals surface area contributed by atoms with Gasteiger partial charge in [0.05, 0.1) is 0 Å². The van der Waals surface area contributed by atoms with Crippen molar-refractivity contribution in [3.63, 3.8) is 0 Å². The molecule has 7 heteroatoms. The zero-order chi connectivity index (χ0) is 11.9. The van der Waals surface area contributed by atoms with Crippen molar-refractivity contribution in [3.05, 3.63) is 0 Å². The van der Waals surface area contributed by atoms with Crippen LogP contribution in [0.1, 0.15) is 19.8 Å². The van der Waals surface area contributed by atoms with Gasteiger partial charge in [-0.05, 0) is 6.42 Å². The van der Waals surface area contributed by atoms with Crippen LogP contribution in [0.15, 0.2) is 0 Å². The number of amides is 2. The maximum atomic E-state index is 11.7. The number of urea groups is 1. The molecule has 0 aromatic heterocycles. The van der Waals surface area contributed by atoms with Gasteiger partial charge in [-0.1, -0.05) is 13.3 Å². The van der Waals surface area contributed by atoms with Gasteiger partial charge >= 0.3 is 12.2 Å². The highest BCUT2D eigenvalue weighted by Crippen LogP contribution is 2.11. The van der Waals surface area contributed by atoms with E-state index in [4.69, 9.17) is 5.73 Å². The van der Waals surface area contributed by atoms with E-state index in [0.717, 1.165) is 6.42 Å². The third-order valence-corrected chi connectivity index (χ3v) is 1.71. The van der Waals surface area contributed by atoms with Crippen LogP contribution < -0.4 is 16.4 Å². The summed E-state index contributed by atoms with van der Waals surface area (Å²) >= 11 is 0. The molecule has 0 aliphatic heterocycles. The lowest BCUT2D eigenvalue weighted by Crippen LogP contribution is -2.47. The van der Waals surface area contributed by atoms with Crippen molar-refractivity contribution in [1.82, 2.24) is 10.6 Å². The van der Waals surface area contributed by atoms with E-state index in [-0.39, 0.29) is 12.6 Å². The van der Waals surface area contributed by atoms with Gasteiger partial charge in [-0.2, -0.15) is 13.2 Å². The minimum atomic E-state index is -4.39. The fourth-order valence-electron chi connectivity index (χ4n) is 1.01. The number of hydrogen-bond donors (Lipinski definition) is 3. The fourth-order valence-corrected chi connectivity index (χ4v) is 1.01. The van der Waals surface area contributed by atoms with E-state index in [9.17, 15) is 18.0 Å². The number of nitrogens with one attached hydrogen (secondary N) is 2. The third-order valence-electron chi connectivity index (χ3n) is 1.71. The van der Waals surface area contributed by atoms with Crippen molar-refractivity contribution in [2.24, 2.45) is 5.73 Å². The Hall–Kier alpha value is -0.980. The molecule has 2 amide bonds. The third kappa shape index (κ3) is 8.04. The molecule has 0 radical (unpaired) electrons. The van der Waals surface area contributed by atoms with Gasteiger partial charge < -0.3 is 16.4 Å². The Labute approximate surface area is 86.4 Å². The van der Waals surface area contributed by atoms with Gasteiger partial charge in [0.2, 0.25) is 0 Å². The molecular weight excluding hydrogens is 211 g/mol. The first kappa shape index (κ1) is 14.0. The summed E-state index contributed by atoms with van der Waals surface area (Å²) in [7, 11) is 0. The molecule has 0 fully saturated rings. The van der Waals surface area contributed by atoms with Gasteiger partial charge in [0.25, 0.3) is 0 Å². The van der Waals surface area contributed by atoms with Gasteiger partial charge in [-0.3, -0.25) is 0 Å². The first-order chi connectivity index (χ1) is 6.89. The Kier molecular flexibility index (Phi) is 6.07. The summed E-state index contributed by atoms with van der Waals surface area (Å²) in [5, 5.41) is 4.08. The molecule has 0 aliphatic rings. The number of carbonyl (C=O) groups excluding carboxylic acids is 1. The molecule has 4 nitrogen and oxygen atoms in total. The highest BCUT2D eigenvalue weighted by atomic mass is 19.4. The predicted molar refractivity (Wildman–Crippen MR) is 50.3 cm³/mol. The van der Waals surface area contributed by atoms with Crippen molar-refractivity contribution in [3.8, 4) is 0 Å². The fraction of sp³-hybridized carbons (Fsp3) is 0.875. The zero-order valence-electron chi connectivity index (χ0n) is 8.53. The Morgan fingerprint density at radius 2 is 2.07 bits per heavy atom. The molecule has 1 unspecified atom stereocenters. The molecule has 0 saturated carbocycles. The maximum Gasteiger partial charge on any atom is 0.405 e. The normalized spacial score (nSPS) is 13.4. The molecule has 0 spiro atoms. The van der Waals surface area contributed by atoms with E-state index in [1.54, 1.807) is 5.32 Å². The quantitative estimate of drug-likeness (QED) is 0.655. The molecule has 90 valence electrons. The number of alkyl halides is 3. The predicted octanol–water partition coefficient (Wildman–Crippen LogP) is 0.975. The van der Waals surface area contributed by atoms with Crippen LogP contribution in [0, 0.1) is 0 Å². The lowest BCUT2D eigenvalue weighted by atomic mass is 10.2. The summed E-state index contributed by atoms with van der Waals surface area (Å²) < 4.78 is 35.1. The van der Waals surface area contributed by atoms with Gasteiger partial charge in [0, 0.05) is 12.6 Å².